The Morgan fingerprint density at radius 2 is 1.78 bits per heavy atom. The minimum absolute atomic E-state index is 0.00530. The summed E-state index contributed by atoms with van der Waals surface area (Å²) in [4.78, 5) is 50.0. The number of nitrogens with one attached hydrogen (secondary N) is 1. The quantitative estimate of drug-likeness (QED) is 0.462. The number of aliphatic hydroxyl groups excluding tert-OH is 1. The molecule has 0 saturated heterocycles. The van der Waals surface area contributed by atoms with Crippen LogP contribution >= 0.6 is 0 Å². The number of ketones is 2. The SMILES string of the molecule is COC1=CC(O)=C(C(C)=O)C(=O)[C@@]1(C)OC(=O)[C@@H](NC(=O)OCc1ccccc1)C(C)C. The fourth-order valence-corrected chi connectivity index (χ4v) is 3.15. The molecule has 0 fully saturated rings. The van der Waals surface area contributed by atoms with E-state index in [2.05, 4.69) is 5.32 Å². The molecule has 0 bridgehead atoms. The van der Waals surface area contributed by atoms with E-state index in [1.54, 1.807) is 38.1 Å². The van der Waals surface area contributed by atoms with Crippen LogP contribution in [0.5, 0.6) is 0 Å². The molecule has 1 aromatic carbocycles. The zero-order valence-electron chi connectivity index (χ0n) is 18.6. The third-order valence-corrected chi connectivity index (χ3v) is 4.94. The number of carbonyl (C=O) groups is 4. The Bertz CT molecular complexity index is 963. The van der Waals surface area contributed by atoms with Gasteiger partial charge in [0.15, 0.2) is 11.5 Å². The van der Waals surface area contributed by atoms with E-state index in [0.717, 1.165) is 18.6 Å². The Kier molecular flexibility index (Phi) is 7.80. The van der Waals surface area contributed by atoms with E-state index < -0.39 is 52.5 Å². The monoisotopic (exact) mass is 445 g/mol. The summed E-state index contributed by atoms with van der Waals surface area (Å²) in [5, 5.41) is 12.5. The highest BCUT2D eigenvalue weighted by Gasteiger charge is 2.50. The number of Topliss-reactive ketones (excluding diaryl/α,β-unsaturated/α-hetero) is 2. The molecule has 0 aromatic heterocycles. The number of aliphatic hydroxyl groups is 1. The number of esters is 1. The maximum Gasteiger partial charge on any atom is 0.408 e. The zero-order chi connectivity index (χ0) is 24.1. The van der Waals surface area contributed by atoms with Crippen LogP contribution in [-0.4, -0.2) is 47.5 Å². The van der Waals surface area contributed by atoms with Gasteiger partial charge in [-0.1, -0.05) is 44.2 Å². The fourth-order valence-electron chi connectivity index (χ4n) is 3.15. The van der Waals surface area contributed by atoms with Crippen molar-refractivity contribution < 1.29 is 38.5 Å². The molecule has 2 N–H and O–H groups in total. The molecule has 0 unspecified atom stereocenters. The molecule has 1 aliphatic carbocycles. The van der Waals surface area contributed by atoms with Crippen molar-refractivity contribution in [3.05, 3.63) is 59.1 Å². The second-order valence-corrected chi connectivity index (χ2v) is 7.74. The van der Waals surface area contributed by atoms with Crippen molar-refractivity contribution >= 4 is 23.6 Å². The molecular weight excluding hydrogens is 418 g/mol. The summed E-state index contributed by atoms with van der Waals surface area (Å²) < 4.78 is 15.7. The zero-order valence-corrected chi connectivity index (χ0v) is 18.6. The number of hydrogen-bond donors (Lipinski definition) is 2. The molecule has 0 heterocycles. The standard InChI is InChI=1S/C23H27NO8/c1-13(2)19(24-22(29)31-12-15-9-7-6-8-10-15)21(28)32-23(4)17(30-5)11-16(26)18(14(3)25)20(23)27/h6-11,13,19,26H,12H2,1-5H3,(H,24,29)/t19-,23-/m0/s1. The maximum atomic E-state index is 12.9. The lowest BCUT2D eigenvalue weighted by Gasteiger charge is -2.34. The average Bonchev–Trinajstić information content (AvgIpc) is 2.73. The van der Waals surface area contributed by atoms with Crippen LogP contribution in [-0.2, 0) is 35.2 Å². The molecule has 0 spiro atoms. The van der Waals surface area contributed by atoms with Crippen molar-refractivity contribution in [3.63, 3.8) is 0 Å². The minimum Gasteiger partial charge on any atom is -0.507 e. The molecule has 0 aliphatic heterocycles. The van der Waals surface area contributed by atoms with Crippen molar-refractivity contribution in [2.24, 2.45) is 5.92 Å². The van der Waals surface area contributed by atoms with Gasteiger partial charge in [-0.2, -0.15) is 0 Å². The summed E-state index contributed by atoms with van der Waals surface area (Å²) in [5.74, 6) is -3.70. The van der Waals surface area contributed by atoms with E-state index in [1.807, 2.05) is 6.07 Å². The van der Waals surface area contributed by atoms with Crippen LogP contribution in [0, 0.1) is 5.92 Å². The van der Waals surface area contributed by atoms with Crippen LogP contribution in [0.1, 0.15) is 33.3 Å². The second kappa shape index (κ2) is 10.1. The summed E-state index contributed by atoms with van der Waals surface area (Å²) in [7, 11) is 1.23. The highest BCUT2D eigenvalue weighted by Crippen LogP contribution is 2.33. The van der Waals surface area contributed by atoms with Gasteiger partial charge in [-0.05, 0) is 25.3 Å². The molecular formula is C23H27NO8. The van der Waals surface area contributed by atoms with Gasteiger partial charge >= 0.3 is 12.1 Å². The van der Waals surface area contributed by atoms with E-state index in [0.29, 0.717) is 0 Å². The fraction of sp³-hybridized carbons (Fsp3) is 0.391. The number of hydrogen-bond acceptors (Lipinski definition) is 8. The first-order valence-electron chi connectivity index (χ1n) is 9.96. The van der Waals surface area contributed by atoms with Crippen LogP contribution in [0.3, 0.4) is 0 Å². The van der Waals surface area contributed by atoms with Gasteiger partial charge in [-0.25, -0.2) is 9.59 Å². The Morgan fingerprint density at radius 3 is 2.31 bits per heavy atom. The molecule has 32 heavy (non-hydrogen) atoms. The highest BCUT2D eigenvalue weighted by atomic mass is 16.6. The number of methoxy groups -OCH3 is 1. The van der Waals surface area contributed by atoms with E-state index in [-0.39, 0.29) is 12.4 Å². The van der Waals surface area contributed by atoms with E-state index in [4.69, 9.17) is 14.2 Å². The lowest BCUT2D eigenvalue weighted by Crippen LogP contribution is -2.52. The summed E-state index contributed by atoms with van der Waals surface area (Å²) >= 11 is 0. The number of alkyl carbamates (subject to hydrolysis) is 1. The van der Waals surface area contributed by atoms with Crippen LogP contribution in [0.4, 0.5) is 4.79 Å². The van der Waals surface area contributed by atoms with Crippen molar-refractivity contribution in [2.75, 3.05) is 7.11 Å². The third kappa shape index (κ3) is 5.35. The molecule has 172 valence electrons. The average molecular weight is 445 g/mol. The van der Waals surface area contributed by atoms with Gasteiger partial charge in [0.1, 0.15) is 24.0 Å². The smallest absolute Gasteiger partial charge is 0.408 e. The summed E-state index contributed by atoms with van der Waals surface area (Å²) in [6, 6.07) is 7.85. The number of ether oxygens (including phenoxy) is 3. The molecule has 0 saturated carbocycles. The first kappa shape index (κ1) is 24.6. The molecule has 9 nitrogen and oxygen atoms in total. The Hall–Kier alpha value is -3.62. The van der Waals surface area contributed by atoms with Crippen LogP contribution in [0.15, 0.2) is 53.5 Å². The van der Waals surface area contributed by atoms with Gasteiger partial charge in [-0.15, -0.1) is 0 Å². The van der Waals surface area contributed by atoms with E-state index in [9.17, 15) is 24.3 Å². The third-order valence-electron chi connectivity index (χ3n) is 4.94. The van der Waals surface area contributed by atoms with Gasteiger partial charge in [0.2, 0.25) is 11.4 Å². The van der Waals surface area contributed by atoms with E-state index >= 15 is 0 Å². The molecule has 9 heteroatoms. The van der Waals surface area contributed by atoms with Crippen molar-refractivity contribution in [1.82, 2.24) is 5.32 Å². The van der Waals surface area contributed by atoms with Gasteiger partial charge in [-0.3, -0.25) is 9.59 Å². The normalized spacial score (nSPS) is 19.2. The summed E-state index contributed by atoms with van der Waals surface area (Å²) in [6.45, 7) is 5.72. The molecule has 2 atom stereocenters. The Balaban J connectivity index is 2.17. The van der Waals surface area contributed by atoms with Crippen LogP contribution in [0.25, 0.3) is 0 Å². The van der Waals surface area contributed by atoms with Crippen LogP contribution in [0.2, 0.25) is 0 Å². The van der Waals surface area contributed by atoms with Gasteiger partial charge < -0.3 is 24.6 Å². The predicted octanol–water partition coefficient (Wildman–Crippen LogP) is 2.75. The maximum absolute atomic E-state index is 12.9. The number of amides is 1. The van der Waals surface area contributed by atoms with Gasteiger partial charge in [0.25, 0.3) is 0 Å². The minimum atomic E-state index is -2.00. The molecule has 1 aromatic rings. The second-order valence-electron chi connectivity index (χ2n) is 7.74. The molecule has 2 rings (SSSR count). The van der Waals surface area contributed by atoms with Crippen molar-refractivity contribution in [2.45, 2.75) is 45.9 Å². The summed E-state index contributed by atoms with van der Waals surface area (Å²) in [6.07, 6.45) is 0.214. The van der Waals surface area contributed by atoms with Gasteiger partial charge in [0, 0.05) is 6.08 Å². The number of carbonyl (C=O) groups excluding carboxylic acids is 4. The number of rotatable bonds is 8. The molecule has 1 amide bonds. The molecule has 0 radical (unpaired) electrons. The highest BCUT2D eigenvalue weighted by molar-refractivity contribution is 6.24. The van der Waals surface area contributed by atoms with Crippen molar-refractivity contribution in [1.29, 1.82) is 0 Å². The van der Waals surface area contributed by atoms with Crippen molar-refractivity contribution in [3.8, 4) is 0 Å². The van der Waals surface area contributed by atoms with E-state index in [1.165, 1.54) is 14.0 Å². The number of allylic oxidation sites excluding steroid dienone is 1. The number of benzene rings is 1. The molecule has 1 aliphatic rings. The Morgan fingerprint density at radius 1 is 1.16 bits per heavy atom. The summed E-state index contributed by atoms with van der Waals surface area (Å²) in [5.41, 5.74) is -1.73. The Labute approximate surface area is 186 Å². The topological polar surface area (TPSA) is 128 Å². The lowest BCUT2D eigenvalue weighted by atomic mass is 9.85. The van der Waals surface area contributed by atoms with Gasteiger partial charge in [0.05, 0.1) is 7.11 Å². The first-order chi connectivity index (χ1) is 15.0. The predicted molar refractivity (Wildman–Crippen MR) is 113 cm³/mol. The lowest BCUT2D eigenvalue weighted by molar-refractivity contribution is -0.167. The largest absolute Gasteiger partial charge is 0.507 e. The first-order valence-corrected chi connectivity index (χ1v) is 9.96. The van der Waals surface area contributed by atoms with Crippen LogP contribution < -0.4 is 5.32 Å².